The maximum Gasteiger partial charge on any atom is 0.228 e. The summed E-state index contributed by atoms with van der Waals surface area (Å²) in [7, 11) is 1.56. The summed E-state index contributed by atoms with van der Waals surface area (Å²) in [5.74, 6) is 0.402. The molecule has 0 fully saturated rings. The highest BCUT2D eigenvalue weighted by Gasteiger charge is 2.21. The van der Waals surface area contributed by atoms with Crippen LogP contribution in [0, 0.1) is 0 Å². The van der Waals surface area contributed by atoms with Gasteiger partial charge in [-0.3, -0.25) is 9.59 Å². The van der Waals surface area contributed by atoms with E-state index >= 15 is 0 Å². The number of furan rings is 1. The molecule has 4 nitrogen and oxygen atoms in total. The van der Waals surface area contributed by atoms with Crippen LogP contribution < -0.4 is 4.74 Å². The van der Waals surface area contributed by atoms with E-state index in [1.54, 1.807) is 55.6 Å². The molecule has 1 heterocycles. The molecule has 3 aromatic rings. The van der Waals surface area contributed by atoms with Crippen molar-refractivity contribution in [3.8, 4) is 5.75 Å². The zero-order valence-corrected chi connectivity index (χ0v) is 11.3. The summed E-state index contributed by atoms with van der Waals surface area (Å²) in [6.07, 6.45) is 0.655. The minimum atomic E-state index is -0.323. The Morgan fingerprint density at radius 2 is 1.81 bits per heavy atom. The van der Waals surface area contributed by atoms with Gasteiger partial charge in [0.15, 0.2) is 12.0 Å². The molecule has 0 saturated carbocycles. The number of ketones is 1. The van der Waals surface area contributed by atoms with Crippen molar-refractivity contribution in [2.75, 3.05) is 7.11 Å². The summed E-state index contributed by atoms with van der Waals surface area (Å²) in [6.45, 7) is 0. The van der Waals surface area contributed by atoms with E-state index in [0.29, 0.717) is 28.6 Å². The van der Waals surface area contributed by atoms with Crippen LogP contribution >= 0.6 is 0 Å². The first kappa shape index (κ1) is 13.1. The second-order valence-corrected chi connectivity index (χ2v) is 4.52. The second-order valence-electron chi connectivity index (χ2n) is 4.52. The van der Waals surface area contributed by atoms with Crippen LogP contribution in [0.3, 0.4) is 0 Å². The lowest BCUT2D eigenvalue weighted by Crippen LogP contribution is -2.02. The van der Waals surface area contributed by atoms with Crippen molar-refractivity contribution >= 4 is 23.0 Å². The lowest BCUT2D eigenvalue weighted by molar-refractivity contribution is 0.100. The van der Waals surface area contributed by atoms with Crippen LogP contribution in [-0.4, -0.2) is 19.2 Å². The number of hydrogen-bond acceptors (Lipinski definition) is 4. The number of hydrogen-bond donors (Lipinski definition) is 0. The molecule has 0 bridgehead atoms. The number of fused-ring (bicyclic) bond motifs is 1. The Balaban J connectivity index is 2.10. The molecule has 0 N–H and O–H groups in total. The van der Waals surface area contributed by atoms with Crippen molar-refractivity contribution in [3.63, 3.8) is 0 Å². The van der Waals surface area contributed by atoms with Gasteiger partial charge in [0.25, 0.3) is 0 Å². The van der Waals surface area contributed by atoms with Gasteiger partial charge >= 0.3 is 0 Å². The predicted octanol–water partition coefficient (Wildman–Crippen LogP) is 3.48. The zero-order chi connectivity index (χ0) is 14.8. The third-order valence-electron chi connectivity index (χ3n) is 3.31. The highest BCUT2D eigenvalue weighted by Crippen LogP contribution is 2.26. The summed E-state index contributed by atoms with van der Waals surface area (Å²) in [6, 6.07) is 13.7. The summed E-state index contributed by atoms with van der Waals surface area (Å²) in [5, 5.41) is 0.643. The molecule has 4 heteroatoms. The molecule has 0 aliphatic heterocycles. The third-order valence-corrected chi connectivity index (χ3v) is 3.31. The smallest absolute Gasteiger partial charge is 0.228 e. The minimum Gasteiger partial charge on any atom is -0.497 e. The van der Waals surface area contributed by atoms with Gasteiger partial charge in [-0.2, -0.15) is 0 Å². The van der Waals surface area contributed by atoms with Crippen molar-refractivity contribution in [2.45, 2.75) is 0 Å². The molecule has 2 aromatic carbocycles. The average molecular weight is 280 g/mol. The molecule has 3 rings (SSSR count). The Kier molecular flexibility index (Phi) is 3.28. The number of aldehydes is 1. The Bertz CT molecular complexity index is 812. The summed E-state index contributed by atoms with van der Waals surface area (Å²) in [4.78, 5) is 23.8. The van der Waals surface area contributed by atoms with Crippen molar-refractivity contribution in [1.82, 2.24) is 0 Å². The fourth-order valence-corrected chi connectivity index (χ4v) is 2.22. The number of para-hydroxylation sites is 1. The normalized spacial score (nSPS) is 10.5. The molecule has 21 heavy (non-hydrogen) atoms. The van der Waals surface area contributed by atoms with Gasteiger partial charge in [0, 0.05) is 10.9 Å². The van der Waals surface area contributed by atoms with Gasteiger partial charge in [-0.1, -0.05) is 18.2 Å². The molecular weight excluding hydrogens is 268 g/mol. The average Bonchev–Trinajstić information content (AvgIpc) is 2.92. The topological polar surface area (TPSA) is 56.5 Å². The monoisotopic (exact) mass is 280 g/mol. The van der Waals surface area contributed by atoms with E-state index in [-0.39, 0.29) is 17.1 Å². The summed E-state index contributed by atoms with van der Waals surface area (Å²) >= 11 is 0. The molecule has 0 spiro atoms. The zero-order valence-electron chi connectivity index (χ0n) is 11.3. The molecule has 0 amide bonds. The van der Waals surface area contributed by atoms with Crippen molar-refractivity contribution in [3.05, 3.63) is 65.4 Å². The van der Waals surface area contributed by atoms with Crippen molar-refractivity contribution < 1.29 is 18.7 Å². The van der Waals surface area contributed by atoms with E-state index in [0.717, 1.165) is 0 Å². The number of rotatable bonds is 4. The maximum atomic E-state index is 12.5. The molecule has 104 valence electrons. The van der Waals surface area contributed by atoms with E-state index in [4.69, 9.17) is 9.15 Å². The van der Waals surface area contributed by atoms with Crippen LogP contribution in [0.4, 0.5) is 0 Å². The van der Waals surface area contributed by atoms with Gasteiger partial charge < -0.3 is 9.15 Å². The van der Waals surface area contributed by atoms with Gasteiger partial charge in [-0.15, -0.1) is 0 Å². The van der Waals surface area contributed by atoms with Gasteiger partial charge in [0.2, 0.25) is 5.78 Å². The van der Waals surface area contributed by atoms with Gasteiger partial charge in [0.05, 0.1) is 12.7 Å². The van der Waals surface area contributed by atoms with Crippen LogP contribution in [0.15, 0.2) is 52.9 Å². The van der Waals surface area contributed by atoms with E-state index < -0.39 is 0 Å². The second kappa shape index (κ2) is 5.25. The van der Waals surface area contributed by atoms with Crippen LogP contribution in [0.2, 0.25) is 0 Å². The van der Waals surface area contributed by atoms with Gasteiger partial charge in [-0.25, -0.2) is 0 Å². The van der Waals surface area contributed by atoms with E-state index in [9.17, 15) is 9.59 Å². The molecule has 1 aromatic heterocycles. The molecule has 0 aliphatic rings. The van der Waals surface area contributed by atoms with Crippen LogP contribution in [0.1, 0.15) is 26.5 Å². The molecule has 0 aliphatic carbocycles. The quantitative estimate of drug-likeness (QED) is 0.542. The van der Waals surface area contributed by atoms with Crippen molar-refractivity contribution in [1.29, 1.82) is 0 Å². The van der Waals surface area contributed by atoms with E-state index in [1.807, 2.05) is 0 Å². The first-order valence-electron chi connectivity index (χ1n) is 6.40. The number of benzene rings is 2. The highest BCUT2D eigenvalue weighted by molar-refractivity contribution is 6.15. The molecular formula is C17H12O4. The fraction of sp³-hybridized carbons (Fsp3) is 0.0588. The minimum absolute atomic E-state index is 0.0661. The third kappa shape index (κ3) is 2.21. The Morgan fingerprint density at radius 1 is 1.10 bits per heavy atom. The van der Waals surface area contributed by atoms with E-state index in [1.165, 1.54) is 0 Å². The maximum absolute atomic E-state index is 12.5. The van der Waals surface area contributed by atoms with Crippen molar-refractivity contribution in [2.24, 2.45) is 0 Å². The summed E-state index contributed by atoms with van der Waals surface area (Å²) < 4.78 is 10.6. The molecule has 0 atom stereocenters. The Morgan fingerprint density at radius 3 is 2.48 bits per heavy atom. The standard InChI is InChI=1S/C17H12O4/c1-20-12-8-6-11(7-9-12)16(19)17-14(10-18)13-4-2-3-5-15(13)21-17/h2-10H,1H3. The predicted molar refractivity (Wildman–Crippen MR) is 78.0 cm³/mol. The van der Waals surface area contributed by atoms with Crippen LogP contribution in [0.5, 0.6) is 5.75 Å². The fourth-order valence-electron chi connectivity index (χ4n) is 2.22. The Labute approximate surface area is 120 Å². The Hall–Kier alpha value is -2.88. The number of carbonyl (C=O) groups is 2. The largest absolute Gasteiger partial charge is 0.497 e. The highest BCUT2D eigenvalue weighted by atomic mass is 16.5. The number of methoxy groups -OCH3 is 1. The summed E-state index contributed by atoms with van der Waals surface area (Å²) in [5.41, 5.74) is 1.25. The molecule has 0 radical (unpaired) electrons. The number of carbonyl (C=O) groups excluding carboxylic acids is 2. The lowest BCUT2D eigenvalue weighted by atomic mass is 10.0. The molecule has 0 saturated heterocycles. The van der Waals surface area contributed by atoms with Crippen LogP contribution in [0.25, 0.3) is 11.0 Å². The van der Waals surface area contributed by atoms with Gasteiger partial charge in [0.1, 0.15) is 11.3 Å². The first-order valence-corrected chi connectivity index (χ1v) is 6.40. The lowest BCUT2D eigenvalue weighted by Gasteiger charge is -2.01. The first-order chi connectivity index (χ1) is 10.2. The number of ether oxygens (including phenoxy) is 1. The van der Waals surface area contributed by atoms with Crippen LogP contribution in [-0.2, 0) is 0 Å². The van der Waals surface area contributed by atoms with Gasteiger partial charge in [-0.05, 0) is 30.3 Å². The molecule has 0 unspecified atom stereocenters. The SMILES string of the molecule is COc1ccc(C(=O)c2oc3ccccc3c2C=O)cc1. The van der Waals surface area contributed by atoms with E-state index in [2.05, 4.69) is 0 Å².